The van der Waals surface area contributed by atoms with Gasteiger partial charge in [0, 0.05) is 38.1 Å². The average Bonchev–Trinajstić information content (AvgIpc) is 3.65. The van der Waals surface area contributed by atoms with Crippen molar-refractivity contribution >= 4 is 30.6 Å². The number of carbonyl (C=O) groups is 4. The molecule has 3 saturated carbocycles. The first-order valence-corrected chi connectivity index (χ1v) is 14.5. The van der Waals surface area contributed by atoms with Crippen LogP contribution in [-0.4, -0.2) is 83.7 Å². The van der Waals surface area contributed by atoms with E-state index in [0.29, 0.717) is 49.5 Å². The van der Waals surface area contributed by atoms with Gasteiger partial charge in [0.1, 0.15) is 5.78 Å². The monoisotopic (exact) mass is 525 g/mol. The molecule has 0 aromatic heterocycles. The molecule has 38 heavy (non-hydrogen) atoms. The van der Waals surface area contributed by atoms with Crippen molar-refractivity contribution in [1.29, 1.82) is 0 Å². The third-order valence-electron chi connectivity index (χ3n) is 10.5. The van der Waals surface area contributed by atoms with Crippen LogP contribution < -0.4 is 5.32 Å². The molecule has 4 aliphatic heterocycles. The van der Waals surface area contributed by atoms with E-state index in [-0.39, 0.29) is 66.8 Å². The normalized spacial score (nSPS) is 39.2. The van der Waals surface area contributed by atoms with E-state index in [2.05, 4.69) is 26.1 Å². The average molecular weight is 525 g/mol. The fraction of sp³-hybridized carbons (Fsp3) is 0.786. The van der Waals surface area contributed by atoms with Gasteiger partial charge in [0.25, 0.3) is 11.8 Å². The molecule has 206 valence electrons. The first-order chi connectivity index (χ1) is 18.1. The topological polar surface area (TPSA) is 105 Å². The van der Waals surface area contributed by atoms with E-state index >= 15 is 0 Å². The van der Waals surface area contributed by atoms with E-state index in [4.69, 9.17) is 9.31 Å². The second kappa shape index (κ2) is 9.56. The largest absolute Gasteiger partial charge is 0.481 e. The minimum Gasteiger partial charge on any atom is -0.404 e. The zero-order valence-electron chi connectivity index (χ0n) is 22.8. The van der Waals surface area contributed by atoms with Crippen molar-refractivity contribution in [3.8, 4) is 0 Å². The number of Topliss-reactive ketones (excluding diaryl/α,β-unsaturated/α-hetero) is 1. The molecule has 3 amide bonds. The zero-order chi connectivity index (χ0) is 26.8. The molecule has 0 radical (unpaired) electrons. The van der Waals surface area contributed by atoms with Gasteiger partial charge in [-0.25, -0.2) is 0 Å². The summed E-state index contributed by atoms with van der Waals surface area (Å²) in [5.74, 6) is 0.837. The summed E-state index contributed by atoms with van der Waals surface area (Å²) < 4.78 is 13.2. The fourth-order valence-corrected chi connectivity index (χ4v) is 8.12. The number of imide groups is 1. The van der Waals surface area contributed by atoms with Crippen molar-refractivity contribution in [2.45, 2.75) is 95.8 Å². The third kappa shape index (κ3) is 4.36. The van der Waals surface area contributed by atoms with Crippen molar-refractivity contribution in [3.63, 3.8) is 0 Å². The molecule has 0 aromatic rings. The lowest BCUT2D eigenvalue weighted by Crippen LogP contribution is -2.63. The van der Waals surface area contributed by atoms with Gasteiger partial charge < -0.3 is 19.5 Å². The third-order valence-corrected chi connectivity index (χ3v) is 10.5. The number of likely N-dealkylation sites (tertiary alicyclic amines) is 1. The number of ketones is 1. The van der Waals surface area contributed by atoms with E-state index in [1.165, 1.54) is 23.5 Å². The van der Waals surface area contributed by atoms with Crippen LogP contribution >= 0.6 is 0 Å². The lowest BCUT2D eigenvalue weighted by Gasteiger charge is -2.63. The lowest BCUT2D eigenvalue weighted by atomic mass is 9.45. The maximum absolute atomic E-state index is 13.6. The highest BCUT2D eigenvalue weighted by molar-refractivity contribution is 6.48. The Morgan fingerprint density at radius 1 is 1.16 bits per heavy atom. The Kier molecular flexibility index (Phi) is 6.59. The second-order valence-corrected chi connectivity index (χ2v) is 13.2. The van der Waals surface area contributed by atoms with Gasteiger partial charge in [-0.1, -0.05) is 13.8 Å². The number of hydrogen-bond acceptors (Lipinski definition) is 7. The molecular weight excluding hydrogens is 485 g/mol. The molecule has 2 bridgehead atoms. The predicted molar refractivity (Wildman–Crippen MR) is 139 cm³/mol. The van der Waals surface area contributed by atoms with Gasteiger partial charge in [-0.3, -0.25) is 24.1 Å². The van der Waals surface area contributed by atoms with Crippen LogP contribution in [0.15, 0.2) is 12.2 Å². The first-order valence-electron chi connectivity index (χ1n) is 14.5. The maximum Gasteiger partial charge on any atom is 0.481 e. The predicted octanol–water partition coefficient (Wildman–Crippen LogP) is 1.89. The summed E-state index contributed by atoms with van der Waals surface area (Å²) in [6.45, 7) is 8.53. The zero-order valence-corrected chi connectivity index (χ0v) is 22.8. The Bertz CT molecular complexity index is 1050. The summed E-state index contributed by atoms with van der Waals surface area (Å²) >= 11 is 0. The van der Waals surface area contributed by atoms with Crippen molar-refractivity contribution in [2.24, 2.45) is 23.2 Å². The quantitative estimate of drug-likeness (QED) is 0.381. The Labute approximate surface area is 225 Å². The van der Waals surface area contributed by atoms with Crippen LogP contribution in [0.2, 0.25) is 0 Å². The van der Waals surface area contributed by atoms with Crippen molar-refractivity contribution in [3.05, 3.63) is 12.2 Å². The number of carbonyl (C=O) groups excluding carboxylic acids is 4. The Morgan fingerprint density at radius 3 is 2.66 bits per heavy atom. The van der Waals surface area contributed by atoms with Crippen LogP contribution in [0.4, 0.5) is 0 Å². The van der Waals surface area contributed by atoms with E-state index < -0.39 is 0 Å². The van der Waals surface area contributed by atoms with Gasteiger partial charge in [-0.15, -0.1) is 0 Å². The summed E-state index contributed by atoms with van der Waals surface area (Å²) in [6.07, 6.45) is 8.56. The van der Waals surface area contributed by atoms with Crippen LogP contribution in [0.3, 0.4) is 0 Å². The van der Waals surface area contributed by atoms with Crippen molar-refractivity contribution in [1.82, 2.24) is 15.1 Å². The van der Waals surface area contributed by atoms with Crippen LogP contribution in [-0.2, 0) is 28.5 Å². The smallest absolute Gasteiger partial charge is 0.404 e. The van der Waals surface area contributed by atoms with E-state index in [1.54, 1.807) is 0 Å². The Hall–Kier alpha value is -2.04. The highest BCUT2D eigenvalue weighted by atomic mass is 16.7. The number of rotatable bonds is 8. The molecule has 4 unspecified atom stereocenters. The van der Waals surface area contributed by atoms with Gasteiger partial charge in [-0.05, 0) is 75.2 Å². The molecule has 7 rings (SSSR count). The molecule has 0 aromatic carbocycles. The Balaban J connectivity index is 0.990. The molecule has 4 heterocycles. The first kappa shape index (κ1) is 26.2. The van der Waals surface area contributed by atoms with Crippen LogP contribution in [0, 0.1) is 23.2 Å². The van der Waals surface area contributed by atoms with Crippen LogP contribution in [0.5, 0.6) is 0 Å². The number of amides is 3. The molecule has 6 fully saturated rings. The number of nitrogens with one attached hydrogen (secondary N) is 1. The summed E-state index contributed by atoms with van der Waals surface area (Å²) in [6, 6.07) is -0.287. The molecule has 1 N–H and O–H groups in total. The molecule has 7 atom stereocenters. The molecule has 9 nitrogen and oxygen atoms in total. The minimum atomic E-state index is -0.366. The maximum atomic E-state index is 13.6. The summed E-state index contributed by atoms with van der Waals surface area (Å²) in [5, 5.41) is 3.36. The van der Waals surface area contributed by atoms with Gasteiger partial charge in [0.2, 0.25) is 5.91 Å². The van der Waals surface area contributed by atoms with E-state index in [1.807, 2.05) is 4.90 Å². The fourth-order valence-electron chi connectivity index (χ4n) is 8.12. The van der Waals surface area contributed by atoms with E-state index in [9.17, 15) is 19.2 Å². The summed E-state index contributed by atoms with van der Waals surface area (Å²) in [7, 11) is -0.366. The molecule has 0 spiro atoms. The van der Waals surface area contributed by atoms with Gasteiger partial charge in [-0.2, -0.15) is 0 Å². The second-order valence-electron chi connectivity index (χ2n) is 13.2. The molecule has 3 saturated heterocycles. The highest BCUT2D eigenvalue weighted by Crippen LogP contribution is 2.64. The minimum absolute atomic E-state index is 0.0572. The van der Waals surface area contributed by atoms with Crippen LogP contribution in [0.1, 0.15) is 72.1 Å². The number of hydrogen-bond donors (Lipinski definition) is 1. The summed E-state index contributed by atoms with van der Waals surface area (Å²) in [4.78, 5) is 52.6. The van der Waals surface area contributed by atoms with Crippen LogP contribution in [0.25, 0.3) is 0 Å². The lowest BCUT2D eigenvalue weighted by molar-refractivity contribution is -0.185. The van der Waals surface area contributed by atoms with Gasteiger partial charge in [0.15, 0.2) is 0 Å². The summed E-state index contributed by atoms with van der Waals surface area (Å²) in [5.41, 5.74) is 0.0437. The van der Waals surface area contributed by atoms with E-state index in [0.717, 1.165) is 25.8 Å². The van der Waals surface area contributed by atoms with Gasteiger partial charge >= 0.3 is 7.12 Å². The SMILES string of the molecule is CC12CC3CC(C1OB([C@@H]1CCCN1C(=O)[C@@H]1C[C@@H](CC(=O)CCCN4C(=O)C=CC4=O)CN1)O2)C3(C)C. The molecule has 7 aliphatic rings. The molecule has 3 aliphatic carbocycles. The number of nitrogens with zero attached hydrogens (tertiary/aromatic N) is 2. The van der Waals surface area contributed by atoms with Crippen molar-refractivity contribution < 1.29 is 28.5 Å². The molecule has 10 heteroatoms. The molecular formula is C28H40BN3O6. The highest BCUT2D eigenvalue weighted by Gasteiger charge is 2.68. The van der Waals surface area contributed by atoms with Crippen molar-refractivity contribution in [2.75, 3.05) is 19.6 Å². The standard InChI is InChI=1S/C28H40BN3O6/c1-27(2)18-14-20(27)25-28(3,15-18)38-29(37-25)22-7-5-10-31(22)26(36)21-13-17(16-30-21)12-19(33)6-4-11-32-23(34)8-9-24(32)35/h8-9,17-18,20-22,25,30H,4-7,10-16H2,1-3H3/t17-,18?,20?,21+,22+,25?,28?/m1/s1. The Morgan fingerprint density at radius 2 is 1.92 bits per heavy atom. The van der Waals surface area contributed by atoms with Gasteiger partial charge in [0.05, 0.1) is 23.7 Å².